The van der Waals surface area contributed by atoms with Gasteiger partial charge in [0.2, 0.25) is 0 Å². The number of nitrogens with zero attached hydrogens (tertiary/aromatic N) is 1. The first-order valence-corrected chi connectivity index (χ1v) is 7.54. The molecule has 108 valence electrons. The van der Waals surface area contributed by atoms with Gasteiger partial charge in [-0.3, -0.25) is 9.78 Å². The van der Waals surface area contributed by atoms with Gasteiger partial charge in [0.05, 0.1) is 0 Å². The van der Waals surface area contributed by atoms with Crippen LogP contribution >= 0.6 is 0 Å². The fourth-order valence-electron chi connectivity index (χ4n) is 3.24. The van der Waals surface area contributed by atoms with E-state index < -0.39 is 0 Å². The van der Waals surface area contributed by atoms with E-state index in [2.05, 4.69) is 16.4 Å². The number of pyridine rings is 1. The summed E-state index contributed by atoms with van der Waals surface area (Å²) < 4.78 is 0. The lowest BCUT2D eigenvalue weighted by molar-refractivity contribution is 0.0943. The van der Waals surface area contributed by atoms with Crippen LogP contribution in [0.5, 0.6) is 0 Å². The van der Waals surface area contributed by atoms with Crippen LogP contribution in [0.3, 0.4) is 0 Å². The quantitative estimate of drug-likeness (QED) is 0.933. The lowest BCUT2D eigenvalue weighted by Gasteiger charge is -2.29. The molecule has 0 spiro atoms. The normalized spacial score (nSPS) is 16.6. The lowest BCUT2D eigenvalue weighted by Crippen LogP contribution is -2.39. The van der Waals surface area contributed by atoms with Gasteiger partial charge in [0.1, 0.15) is 0 Å². The van der Waals surface area contributed by atoms with Gasteiger partial charge in [-0.05, 0) is 36.6 Å². The van der Waals surface area contributed by atoms with Crippen molar-refractivity contribution in [3.05, 3.63) is 66.0 Å². The molecule has 1 amide bonds. The zero-order valence-corrected chi connectivity index (χ0v) is 12.1. The molecule has 2 aromatic rings. The molecule has 21 heavy (non-hydrogen) atoms. The third-order valence-corrected chi connectivity index (χ3v) is 4.46. The van der Waals surface area contributed by atoms with Gasteiger partial charge in [-0.15, -0.1) is 0 Å². The number of benzene rings is 1. The molecule has 3 nitrogen and oxygen atoms in total. The average molecular weight is 280 g/mol. The predicted molar refractivity (Wildman–Crippen MR) is 83.2 cm³/mol. The number of carbonyl (C=O) groups excluding carboxylic acids is 1. The minimum absolute atomic E-state index is 0.00534. The first-order chi connectivity index (χ1) is 10.3. The number of rotatable bonds is 4. The molecule has 0 radical (unpaired) electrons. The molecule has 0 aliphatic heterocycles. The molecule has 1 aromatic carbocycles. The van der Waals surface area contributed by atoms with E-state index in [9.17, 15) is 4.79 Å². The van der Waals surface area contributed by atoms with Gasteiger partial charge >= 0.3 is 0 Å². The maximum Gasteiger partial charge on any atom is 0.251 e. The van der Waals surface area contributed by atoms with Crippen molar-refractivity contribution in [1.29, 1.82) is 0 Å². The van der Waals surface area contributed by atoms with Crippen LogP contribution in [0.1, 0.15) is 41.6 Å². The minimum Gasteiger partial charge on any atom is -0.351 e. The standard InChI is InChI=1S/C18H20N2O/c21-17(15-7-2-1-3-8-15)20-14-18(10-4-5-11-18)16-9-6-12-19-13-16/h1-3,6-9,12-13H,4-5,10-11,14H2,(H,20,21). The van der Waals surface area contributed by atoms with Crippen molar-refractivity contribution in [3.63, 3.8) is 0 Å². The summed E-state index contributed by atoms with van der Waals surface area (Å²) in [7, 11) is 0. The highest BCUT2D eigenvalue weighted by molar-refractivity contribution is 5.94. The molecule has 1 aliphatic rings. The molecule has 1 aromatic heterocycles. The second-order valence-corrected chi connectivity index (χ2v) is 5.78. The molecular weight excluding hydrogens is 260 g/mol. The Balaban J connectivity index is 1.74. The lowest BCUT2D eigenvalue weighted by atomic mass is 9.79. The second kappa shape index (κ2) is 6.08. The summed E-state index contributed by atoms with van der Waals surface area (Å²) in [6.45, 7) is 0.687. The molecule has 1 N–H and O–H groups in total. The smallest absolute Gasteiger partial charge is 0.251 e. The van der Waals surface area contributed by atoms with Crippen LogP contribution in [-0.2, 0) is 5.41 Å². The SMILES string of the molecule is O=C(NCC1(c2cccnc2)CCCC1)c1ccccc1. The molecular formula is C18H20N2O. The maximum absolute atomic E-state index is 12.2. The van der Waals surface area contributed by atoms with Crippen molar-refractivity contribution in [2.75, 3.05) is 6.54 Å². The van der Waals surface area contributed by atoms with E-state index in [0.29, 0.717) is 6.54 Å². The molecule has 3 heteroatoms. The van der Waals surface area contributed by atoms with E-state index in [1.807, 2.05) is 42.6 Å². The van der Waals surface area contributed by atoms with Crippen LogP contribution in [0.25, 0.3) is 0 Å². The van der Waals surface area contributed by atoms with E-state index in [-0.39, 0.29) is 11.3 Å². The summed E-state index contributed by atoms with van der Waals surface area (Å²) in [5, 5.41) is 3.11. The summed E-state index contributed by atoms with van der Waals surface area (Å²) in [6.07, 6.45) is 8.42. The Morgan fingerprint density at radius 1 is 1.10 bits per heavy atom. The third kappa shape index (κ3) is 2.97. The zero-order chi connectivity index (χ0) is 14.5. The van der Waals surface area contributed by atoms with Crippen molar-refractivity contribution >= 4 is 5.91 Å². The average Bonchev–Trinajstić information content (AvgIpc) is 3.04. The summed E-state index contributed by atoms with van der Waals surface area (Å²) in [6, 6.07) is 13.5. The van der Waals surface area contributed by atoms with Gasteiger partial charge in [0.15, 0.2) is 0 Å². The number of nitrogens with one attached hydrogen (secondary N) is 1. The molecule has 0 bridgehead atoms. The van der Waals surface area contributed by atoms with Gasteiger partial charge in [-0.2, -0.15) is 0 Å². The molecule has 1 heterocycles. The molecule has 0 atom stereocenters. The summed E-state index contributed by atoms with van der Waals surface area (Å²) >= 11 is 0. The monoisotopic (exact) mass is 280 g/mol. The third-order valence-electron chi connectivity index (χ3n) is 4.46. The number of aromatic nitrogens is 1. The Labute approximate surface area is 125 Å². The van der Waals surface area contributed by atoms with E-state index in [1.165, 1.54) is 18.4 Å². The first-order valence-electron chi connectivity index (χ1n) is 7.54. The number of amides is 1. The van der Waals surface area contributed by atoms with E-state index in [1.54, 1.807) is 6.20 Å². The van der Waals surface area contributed by atoms with Crippen LogP contribution in [0.15, 0.2) is 54.9 Å². The predicted octanol–water partition coefficient (Wildman–Crippen LogP) is 3.32. The highest BCUT2D eigenvalue weighted by Gasteiger charge is 2.36. The van der Waals surface area contributed by atoms with Crippen LogP contribution in [-0.4, -0.2) is 17.4 Å². The summed E-state index contributed by atoms with van der Waals surface area (Å²) in [5.41, 5.74) is 2.02. The molecule has 1 saturated carbocycles. The highest BCUT2D eigenvalue weighted by atomic mass is 16.1. The minimum atomic E-state index is 0.00534. The van der Waals surface area contributed by atoms with Crippen LogP contribution in [0.2, 0.25) is 0 Å². The van der Waals surface area contributed by atoms with Crippen LogP contribution in [0, 0.1) is 0 Å². The van der Waals surface area contributed by atoms with E-state index in [4.69, 9.17) is 0 Å². The molecule has 1 fully saturated rings. The van der Waals surface area contributed by atoms with Gasteiger partial charge in [0, 0.05) is 29.9 Å². The Hall–Kier alpha value is -2.16. The molecule has 0 saturated heterocycles. The fourth-order valence-corrected chi connectivity index (χ4v) is 3.24. The molecule has 0 unspecified atom stereocenters. The Bertz CT molecular complexity index is 589. The van der Waals surface area contributed by atoms with Gasteiger partial charge < -0.3 is 5.32 Å². The topological polar surface area (TPSA) is 42.0 Å². The van der Waals surface area contributed by atoms with Crippen molar-refractivity contribution in [2.45, 2.75) is 31.1 Å². The number of carbonyl (C=O) groups is 1. The summed E-state index contributed by atoms with van der Waals surface area (Å²) in [5.74, 6) is 0.00534. The Morgan fingerprint density at radius 3 is 2.52 bits per heavy atom. The Kier molecular flexibility index (Phi) is 4.00. The van der Waals surface area contributed by atoms with E-state index in [0.717, 1.165) is 18.4 Å². The van der Waals surface area contributed by atoms with Gasteiger partial charge in [-0.1, -0.05) is 37.1 Å². The zero-order valence-electron chi connectivity index (χ0n) is 12.1. The van der Waals surface area contributed by atoms with Gasteiger partial charge in [-0.25, -0.2) is 0 Å². The van der Waals surface area contributed by atoms with Crippen molar-refractivity contribution in [3.8, 4) is 0 Å². The molecule has 1 aliphatic carbocycles. The van der Waals surface area contributed by atoms with Crippen molar-refractivity contribution < 1.29 is 4.79 Å². The van der Waals surface area contributed by atoms with Crippen LogP contribution in [0.4, 0.5) is 0 Å². The van der Waals surface area contributed by atoms with Crippen molar-refractivity contribution in [1.82, 2.24) is 10.3 Å². The van der Waals surface area contributed by atoms with Gasteiger partial charge in [0.25, 0.3) is 5.91 Å². The second-order valence-electron chi connectivity index (χ2n) is 5.78. The first kappa shape index (κ1) is 13.8. The maximum atomic E-state index is 12.2. The number of hydrogen-bond donors (Lipinski definition) is 1. The summed E-state index contributed by atoms with van der Waals surface area (Å²) in [4.78, 5) is 16.5. The highest BCUT2D eigenvalue weighted by Crippen LogP contribution is 2.40. The largest absolute Gasteiger partial charge is 0.351 e. The molecule has 3 rings (SSSR count). The fraction of sp³-hybridized carbons (Fsp3) is 0.333. The van der Waals surface area contributed by atoms with Crippen LogP contribution < -0.4 is 5.32 Å². The van der Waals surface area contributed by atoms with Crippen molar-refractivity contribution in [2.24, 2.45) is 0 Å². The Morgan fingerprint density at radius 2 is 1.86 bits per heavy atom. The number of hydrogen-bond acceptors (Lipinski definition) is 2. The van der Waals surface area contributed by atoms with E-state index >= 15 is 0 Å².